The Bertz CT molecular complexity index is 540. The molecule has 1 aromatic rings. The highest BCUT2D eigenvalue weighted by Gasteiger charge is 2.27. The van der Waals surface area contributed by atoms with Crippen LogP contribution in [0.25, 0.3) is 0 Å². The van der Waals surface area contributed by atoms with Gasteiger partial charge in [0.15, 0.2) is 0 Å². The topological polar surface area (TPSA) is 61.4 Å². The van der Waals surface area contributed by atoms with Crippen LogP contribution in [0.1, 0.15) is 32.3 Å². The highest BCUT2D eigenvalue weighted by molar-refractivity contribution is 5.93. The van der Waals surface area contributed by atoms with Crippen molar-refractivity contribution in [3.8, 4) is 0 Å². The zero-order valence-electron chi connectivity index (χ0n) is 13.6. The first-order chi connectivity index (χ1) is 10.5. The van der Waals surface area contributed by atoms with Crippen molar-refractivity contribution in [2.24, 2.45) is 0 Å². The van der Waals surface area contributed by atoms with Gasteiger partial charge >= 0.3 is 0 Å². The quantitative estimate of drug-likeness (QED) is 0.807. The van der Waals surface area contributed by atoms with E-state index in [4.69, 9.17) is 0 Å². The number of hydrogen-bond donors (Lipinski definition) is 2. The molecule has 120 valence electrons. The van der Waals surface area contributed by atoms with Crippen molar-refractivity contribution in [1.82, 2.24) is 10.2 Å². The molecule has 22 heavy (non-hydrogen) atoms. The minimum Gasteiger partial charge on any atom is -0.352 e. The lowest BCUT2D eigenvalue weighted by Crippen LogP contribution is -2.46. The first-order valence-electron chi connectivity index (χ1n) is 7.89. The fourth-order valence-corrected chi connectivity index (χ4v) is 2.25. The molecule has 0 spiro atoms. The van der Waals surface area contributed by atoms with E-state index < -0.39 is 0 Å². The molecule has 2 rings (SSSR count). The van der Waals surface area contributed by atoms with Gasteiger partial charge in [0, 0.05) is 11.7 Å². The molecule has 0 aromatic heterocycles. The summed E-state index contributed by atoms with van der Waals surface area (Å²) >= 11 is 0. The number of carbonyl (C=O) groups is 2. The summed E-state index contributed by atoms with van der Waals surface area (Å²) < 4.78 is 0. The van der Waals surface area contributed by atoms with Crippen molar-refractivity contribution in [1.29, 1.82) is 0 Å². The molecule has 0 saturated heterocycles. The Morgan fingerprint density at radius 2 is 2.00 bits per heavy atom. The lowest BCUT2D eigenvalue weighted by Gasteiger charge is -2.23. The van der Waals surface area contributed by atoms with Crippen LogP contribution in [-0.4, -0.2) is 42.4 Å². The molecule has 0 radical (unpaired) electrons. The molecule has 0 unspecified atom stereocenters. The second-order valence-corrected chi connectivity index (χ2v) is 5.93. The van der Waals surface area contributed by atoms with E-state index in [0.29, 0.717) is 6.04 Å². The molecule has 0 aliphatic heterocycles. The minimum absolute atomic E-state index is 0.00763. The average molecular weight is 303 g/mol. The van der Waals surface area contributed by atoms with Crippen LogP contribution in [0.5, 0.6) is 0 Å². The van der Waals surface area contributed by atoms with Gasteiger partial charge in [0.1, 0.15) is 0 Å². The number of amides is 2. The van der Waals surface area contributed by atoms with Crippen molar-refractivity contribution < 1.29 is 9.59 Å². The maximum Gasteiger partial charge on any atom is 0.238 e. The van der Waals surface area contributed by atoms with Crippen LogP contribution in [0.4, 0.5) is 5.69 Å². The molecule has 1 aliphatic rings. The normalized spacial score (nSPS) is 15.5. The SMILES string of the molecule is CCc1ccccc1NC(=O)CN(C)[C@H](C)C(=O)NC1CC1. The van der Waals surface area contributed by atoms with Gasteiger partial charge in [-0.25, -0.2) is 0 Å². The standard InChI is InChI=1S/C17H25N3O2/c1-4-13-7-5-6-8-15(13)19-16(21)11-20(3)12(2)17(22)18-14-9-10-14/h5-8,12,14H,4,9-11H2,1-3H3,(H,18,22)(H,19,21)/t12-/m1/s1. The summed E-state index contributed by atoms with van der Waals surface area (Å²) in [5.41, 5.74) is 1.96. The molecule has 5 heteroatoms. The number of hydrogen-bond acceptors (Lipinski definition) is 3. The number of carbonyl (C=O) groups excluding carboxylic acids is 2. The van der Waals surface area contributed by atoms with Gasteiger partial charge in [0.2, 0.25) is 11.8 Å². The van der Waals surface area contributed by atoms with Crippen molar-refractivity contribution in [2.75, 3.05) is 18.9 Å². The van der Waals surface area contributed by atoms with Crippen LogP contribution >= 0.6 is 0 Å². The molecule has 2 amide bonds. The molecule has 1 aliphatic carbocycles. The van der Waals surface area contributed by atoms with Crippen LogP contribution in [-0.2, 0) is 16.0 Å². The van der Waals surface area contributed by atoms with Gasteiger partial charge in [-0.05, 0) is 44.9 Å². The number of benzene rings is 1. The van der Waals surface area contributed by atoms with E-state index in [1.165, 1.54) is 0 Å². The number of nitrogens with one attached hydrogen (secondary N) is 2. The predicted octanol–water partition coefficient (Wildman–Crippen LogP) is 1.79. The van der Waals surface area contributed by atoms with Crippen LogP contribution < -0.4 is 10.6 Å². The van der Waals surface area contributed by atoms with Crippen molar-refractivity contribution in [2.45, 2.75) is 45.2 Å². The zero-order valence-corrected chi connectivity index (χ0v) is 13.6. The van der Waals surface area contributed by atoms with Crippen molar-refractivity contribution in [3.05, 3.63) is 29.8 Å². The second-order valence-electron chi connectivity index (χ2n) is 5.93. The summed E-state index contributed by atoms with van der Waals surface area (Å²) in [6.45, 7) is 4.07. The average Bonchev–Trinajstić information content (AvgIpc) is 3.30. The number of rotatable bonds is 7. The Balaban J connectivity index is 1.86. The zero-order chi connectivity index (χ0) is 16.1. The molecule has 5 nitrogen and oxygen atoms in total. The lowest BCUT2D eigenvalue weighted by atomic mass is 10.1. The van der Waals surface area contributed by atoms with Gasteiger partial charge < -0.3 is 10.6 Å². The third-order valence-electron chi connectivity index (χ3n) is 4.03. The number of para-hydroxylation sites is 1. The third kappa shape index (κ3) is 4.56. The minimum atomic E-state index is -0.312. The summed E-state index contributed by atoms with van der Waals surface area (Å²) in [5.74, 6) is -0.110. The Labute approximate surface area is 132 Å². The monoisotopic (exact) mass is 303 g/mol. The van der Waals surface area contributed by atoms with Gasteiger partial charge in [0.05, 0.1) is 12.6 Å². The number of nitrogens with zero attached hydrogens (tertiary/aromatic N) is 1. The molecule has 1 fully saturated rings. The maximum absolute atomic E-state index is 12.2. The number of likely N-dealkylation sites (N-methyl/N-ethyl adjacent to an activating group) is 1. The summed E-state index contributed by atoms with van der Waals surface area (Å²) in [7, 11) is 1.79. The summed E-state index contributed by atoms with van der Waals surface area (Å²) in [6.07, 6.45) is 3.00. The van der Waals surface area contributed by atoms with Crippen molar-refractivity contribution in [3.63, 3.8) is 0 Å². The summed E-state index contributed by atoms with van der Waals surface area (Å²) in [4.78, 5) is 25.9. The van der Waals surface area contributed by atoms with E-state index in [-0.39, 0.29) is 24.4 Å². The molecule has 1 saturated carbocycles. The van der Waals surface area contributed by atoms with E-state index >= 15 is 0 Å². The van der Waals surface area contributed by atoms with Crippen molar-refractivity contribution >= 4 is 17.5 Å². The number of anilines is 1. The summed E-state index contributed by atoms with van der Waals surface area (Å²) in [6, 6.07) is 7.81. The fourth-order valence-electron chi connectivity index (χ4n) is 2.25. The van der Waals surface area contributed by atoms with E-state index in [1.807, 2.05) is 31.2 Å². The van der Waals surface area contributed by atoms with Gasteiger partial charge in [-0.3, -0.25) is 14.5 Å². The third-order valence-corrected chi connectivity index (χ3v) is 4.03. The Hall–Kier alpha value is -1.88. The van der Waals surface area contributed by atoms with Crippen LogP contribution in [0.15, 0.2) is 24.3 Å². The first-order valence-corrected chi connectivity index (χ1v) is 7.89. The fraction of sp³-hybridized carbons (Fsp3) is 0.529. The predicted molar refractivity (Wildman–Crippen MR) is 87.7 cm³/mol. The van der Waals surface area contributed by atoms with Gasteiger partial charge in [-0.1, -0.05) is 25.1 Å². The Kier molecular flexibility index (Phi) is 5.55. The smallest absolute Gasteiger partial charge is 0.238 e. The highest BCUT2D eigenvalue weighted by Crippen LogP contribution is 2.19. The largest absolute Gasteiger partial charge is 0.352 e. The maximum atomic E-state index is 12.2. The van der Waals surface area contributed by atoms with E-state index in [2.05, 4.69) is 17.6 Å². The molecule has 1 atom stereocenters. The van der Waals surface area contributed by atoms with Crippen LogP contribution in [0.2, 0.25) is 0 Å². The Morgan fingerprint density at radius 3 is 2.64 bits per heavy atom. The first kappa shape index (κ1) is 16.5. The molecule has 0 heterocycles. The summed E-state index contributed by atoms with van der Waals surface area (Å²) in [5, 5.41) is 5.89. The second kappa shape index (κ2) is 7.40. The molecule has 1 aromatic carbocycles. The highest BCUT2D eigenvalue weighted by atomic mass is 16.2. The van der Waals surface area contributed by atoms with Crippen LogP contribution in [0, 0.1) is 0 Å². The lowest BCUT2D eigenvalue weighted by molar-refractivity contribution is -0.126. The van der Waals surface area contributed by atoms with E-state index in [0.717, 1.165) is 30.5 Å². The molecule has 2 N–H and O–H groups in total. The van der Waals surface area contributed by atoms with E-state index in [9.17, 15) is 9.59 Å². The Morgan fingerprint density at radius 1 is 1.32 bits per heavy atom. The van der Waals surface area contributed by atoms with Gasteiger partial charge in [-0.15, -0.1) is 0 Å². The van der Waals surface area contributed by atoms with E-state index in [1.54, 1.807) is 11.9 Å². The molecule has 0 bridgehead atoms. The number of aryl methyl sites for hydroxylation is 1. The molecular weight excluding hydrogens is 278 g/mol. The molecular formula is C17H25N3O2. The van der Waals surface area contributed by atoms with Gasteiger partial charge in [0.25, 0.3) is 0 Å². The van der Waals surface area contributed by atoms with Gasteiger partial charge in [-0.2, -0.15) is 0 Å². The van der Waals surface area contributed by atoms with Crippen LogP contribution in [0.3, 0.4) is 0 Å².